The molecule has 1 heterocycles. The molecule has 20 heavy (non-hydrogen) atoms. The van der Waals surface area contributed by atoms with E-state index in [1.165, 1.54) is 18.3 Å². The Morgan fingerprint density at radius 3 is 2.50 bits per heavy atom. The number of hydrogen-bond acceptors (Lipinski definition) is 5. The highest BCUT2D eigenvalue weighted by atomic mass is 16.4. The molecule has 0 aromatic carbocycles. The zero-order chi connectivity index (χ0) is 15.3. The topological polar surface area (TPSA) is 120 Å². The molecular formula is C12H15N3O5. The lowest BCUT2D eigenvalue weighted by atomic mass is 10.1. The molecule has 108 valence electrons. The van der Waals surface area contributed by atoms with Gasteiger partial charge in [0, 0.05) is 25.9 Å². The summed E-state index contributed by atoms with van der Waals surface area (Å²) < 4.78 is 0. The van der Waals surface area contributed by atoms with E-state index in [-0.39, 0.29) is 5.56 Å². The average molecular weight is 281 g/mol. The molecule has 1 rings (SSSR count). The van der Waals surface area contributed by atoms with Crippen molar-refractivity contribution < 1.29 is 24.6 Å². The van der Waals surface area contributed by atoms with Crippen molar-refractivity contribution in [1.82, 2.24) is 10.3 Å². The third-order valence-corrected chi connectivity index (χ3v) is 2.45. The summed E-state index contributed by atoms with van der Waals surface area (Å²) in [4.78, 5) is 39.0. The van der Waals surface area contributed by atoms with Gasteiger partial charge in [-0.2, -0.15) is 0 Å². The molecule has 1 amide bonds. The Labute approximate surface area is 115 Å². The van der Waals surface area contributed by atoms with Crippen LogP contribution in [0.3, 0.4) is 0 Å². The van der Waals surface area contributed by atoms with Crippen LogP contribution in [0.15, 0.2) is 18.3 Å². The van der Waals surface area contributed by atoms with Gasteiger partial charge >= 0.3 is 11.9 Å². The highest BCUT2D eigenvalue weighted by molar-refractivity contribution is 5.97. The van der Waals surface area contributed by atoms with Crippen molar-refractivity contribution in [1.29, 1.82) is 0 Å². The van der Waals surface area contributed by atoms with Crippen LogP contribution in [0.5, 0.6) is 0 Å². The maximum absolute atomic E-state index is 11.9. The molecule has 1 aromatic rings. The number of amides is 1. The number of carbonyl (C=O) groups excluding carboxylic acids is 1. The second-order valence-electron chi connectivity index (χ2n) is 4.26. The van der Waals surface area contributed by atoms with E-state index in [0.717, 1.165) is 0 Å². The van der Waals surface area contributed by atoms with E-state index < -0.39 is 30.3 Å². The smallest absolute Gasteiger partial charge is 0.326 e. The molecule has 0 aliphatic carbocycles. The number of anilines is 1. The van der Waals surface area contributed by atoms with E-state index in [4.69, 9.17) is 10.2 Å². The molecule has 8 nitrogen and oxygen atoms in total. The Bertz CT molecular complexity index is 530. The maximum atomic E-state index is 11.9. The Morgan fingerprint density at radius 1 is 1.35 bits per heavy atom. The second-order valence-corrected chi connectivity index (χ2v) is 4.26. The van der Waals surface area contributed by atoms with Crippen molar-refractivity contribution in [3.63, 3.8) is 0 Å². The number of pyridine rings is 1. The van der Waals surface area contributed by atoms with Crippen molar-refractivity contribution in [3.05, 3.63) is 23.9 Å². The zero-order valence-corrected chi connectivity index (χ0v) is 11.0. The van der Waals surface area contributed by atoms with Gasteiger partial charge in [0.1, 0.15) is 11.9 Å². The molecule has 0 aliphatic rings. The number of nitrogens with one attached hydrogen (secondary N) is 1. The van der Waals surface area contributed by atoms with Crippen LogP contribution in [0.4, 0.5) is 5.82 Å². The number of carbonyl (C=O) groups is 3. The summed E-state index contributed by atoms with van der Waals surface area (Å²) in [5.74, 6) is -2.84. The number of nitrogens with zero attached hydrogens (tertiary/aromatic N) is 2. The molecule has 0 radical (unpaired) electrons. The van der Waals surface area contributed by atoms with Crippen LogP contribution < -0.4 is 10.2 Å². The SMILES string of the molecule is CN(C)c1cc(C(=O)N[C@H](CC(=O)O)C(=O)O)ccn1. The van der Waals surface area contributed by atoms with Crippen LogP contribution in [-0.2, 0) is 9.59 Å². The van der Waals surface area contributed by atoms with E-state index in [0.29, 0.717) is 5.82 Å². The average Bonchev–Trinajstić information content (AvgIpc) is 2.37. The minimum absolute atomic E-state index is 0.209. The molecular weight excluding hydrogens is 266 g/mol. The number of hydrogen-bond donors (Lipinski definition) is 3. The largest absolute Gasteiger partial charge is 0.481 e. The van der Waals surface area contributed by atoms with Gasteiger partial charge in [0.25, 0.3) is 5.91 Å². The van der Waals surface area contributed by atoms with Crippen LogP contribution in [0.25, 0.3) is 0 Å². The fraction of sp³-hybridized carbons (Fsp3) is 0.333. The number of carboxylic acids is 2. The van der Waals surface area contributed by atoms with E-state index in [2.05, 4.69) is 10.3 Å². The molecule has 8 heteroatoms. The Hall–Kier alpha value is -2.64. The molecule has 0 fully saturated rings. The first kappa shape index (κ1) is 15.4. The maximum Gasteiger partial charge on any atom is 0.326 e. The summed E-state index contributed by atoms with van der Waals surface area (Å²) in [7, 11) is 3.49. The van der Waals surface area contributed by atoms with Gasteiger partial charge in [0.2, 0.25) is 0 Å². The Morgan fingerprint density at radius 2 is 2.00 bits per heavy atom. The standard InChI is InChI=1S/C12H15N3O5/c1-15(2)9-5-7(3-4-13-9)11(18)14-8(12(19)20)6-10(16)17/h3-5,8H,6H2,1-2H3,(H,14,18)(H,16,17)(H,19,20)/t8-/m1/s1. The molecule has 1 atom stereocenters. The van der Waals surface area contributed by atoms with Gasteiger partial charge in [0.05, 0.1) is 6.42 Å². The molecule has 0 unspecified atom stereocenters. The third kappa shape index (κ3) is 4.23. The van der Waals surface area contributed by atoms with Crippen molar-refractivity contribution in [3.8, 4) is 0 Å². The molecule has 0 saturated carbocycles. The lowest BCUT2D eigenvalue weighted by molar-refractivity contribution is -0.145. The quantitative estimate of drug-likeness (QED) is 0.660. The van der Waals surface area contributed by atoms with Crippen LogP contribution in [0.1, 0.15) is 16.8 Å². The van der Waals surface area contributed by atoms with Gasteiger partial charge in [0.15, 0.2) is 0 Å². The molecule has 0 bridgehead atoms. The van der Waals surface area contributed by atoms with Gasteiger partial charge in [-0.1, -0.05) is 0 Å². The van der Waals surface area contributed by atoms with Crippen molar-refractivity contribution in [2.75, 3.05) is 19.0 Å². The molecule has 0 saturated heterocycles. The van der Waals surface area contributed by atoms with Crippen molar-refractivity contribution >= 4 is 23.7 Å². The predicted molar refractivity (Wildman–Crippen MR) is 69.7 cm³/mol. The molecule has 0 spiro atoms. The lowest BCUT2D eigenvalue weighted by Gasteiger charge is -2.14. The number of rotatable bonds is 6. The fourth-order valence-electron chi connectivity index (χ4n) is 1.42. The van der Waals surface area contributed by atoms with Gasteiger partial charge in [-0.25, -0.2) is 9.78 Å². The molecule has 1 aromatic heterocycles. The third-order valence-electron chi connectivity index (χ3n) is 2.45. The molecule has 3 N–H and O–H groups in total. The van der Waals surface area contributed by atoms with Gasteiger partial charge in [-0.3, -0.25) is 9.59 Å². The monoisotopic (exact) mass is 281 g/mol. The number of carboxylic acid groups (broad SMARTS) is 2. The lowest BCUT2D eigenvalue weighted by Crippen LogP contribution is -2.42. The summed E-state index contributed by atoms with van der Waals surface area (Å²) in [6, 6.07) is 1.42. The fourth-order valence-corrected chi connectivity index (χ4v) is 1.42. The van der Waals surface area contributed by atoms with E-state index in [1.54, 1.807) is 19.0 Å². The van der Waals surface area contributed by atoms with Crippen LogP contribution >= 0.6 is 0 Å². The number of aromatic nitrogens is 1. The summed E-state index contributed by atoms with van der Waals surface area (Å²) >= 11 is 0. The zero-order valence-electron chi connectivity index (χ0n) is 11.0. The first-order valence-corrected chi connectivity index (χ1v) is 5.70. The van der Waals surface area contributed by atoms with Crippen LogP contribution in [-0.4, -0.2) is 53.2 Å². The Balaban J connectivity index is 2.86. The van der Waals surface area contributed by atoms with Crippen LogP contribution in [0, 0.1) is 0 Å². The summed E-state index contributed by atoms with van der Waals surface area (Å²) in [6.45, 7) is 0. The first-order valence-electron chi connectivity index (χ1n) is 5.70. The van der Waals surface area contributed by atoms with E-state index in [9.17, 15) is 14.4 Å². The minimum atomic E-state index is -1.48. The van der Waals surface area contributed by atoms with Crippen LogP contribution in [0.2, 0.25) is 0 Å². The van der Waals surface area contributed by atoms with Crippen molar-refractivity contribution in [2.45, 2.75) is 12.5 Å². The predicted octanol–water partition coefficient (Wildman–Crippen LogP) is -0.195. The van der Waals surface area contributed by atoms with Gasteiger partial charge in [-0.15, -0.1) is 0 Å². The normalized spacial score (nSPS) is 11.5. The summed E-state index contributed by atoms with van der Waals surface area (Å²) in [5, 5.41) is 19.6. The number of aliphatic carboxylic acids is 2. The highest BCUT2D eigenvalue weighted by Gasteiger charge is 2.23. The summed E-state index contributed by atoms with van der Waals surface area (Å²) in [5.41, 5.74) is 0.209. The van der Waals surface area contributed by atoms with Gasteiger partial charge < -0.3 is 20.4 Å². The van der Waals surface area contributed by atoms with Gasteiger partial charge in [-0.05, 0) is 12.1 Å². The van der Waals surface area contributed by atoms with E-state index >= 15 is 0 Å². The minimum Gasteiger partial charge on any atom is -0.481 e. The summed E-state index contributed by atoms with van der Waals surface area (Å²) in [6.07, 6.45) is 0.726. The molecule has 0 aliphatic heterocycles. The Kier molecular flexibility index (Phi) is 5.01. The second kappa shape index (κ2) is 6.50. The highest BCUT2D eigenvalue weighted by Crippen LogP contribution is 2.10. The van der Waals surface area contributed by atoms with E-state index in [1.807, 2.05) is 0 Å². The van der Waals surface area contributed by atoms with Crippen molar-refractivity contribution in [2.24, 2.45) is 0 Å². The first-order chi connectivity index (χ1) is 9.31.